The van der Waals surface area contributed by atoms with Gasteiger partial charge in [-0.3, -0.25) is 0 Å². The average Bonchev–Trinajstić information content (AvgIpc) is 2.18. The second-order valence-electron chi connectivity index (χ2n) is 3.00. The van der Waals surface area contributed by atoms with E-state index in [0.717, 1.165) is 5.56 Å². The van der Waals surface area contributed by atoms with Crippen LogP contribution in [-0.2, 0) is 4.84 Å². The van der Waals surface area contributed by atoms with Gasteiger partial charge < -0.3 is 4.84 Å². The molecule has 2 heteroatoms. The van der Waals surface area contributed by atoms with Crippen molar-refractivity contribution >= 4 is 0 Å². The van der Waals surface area contributed by atoms with Gasteiger partial charge in [-0.1, -0.05) is 25.0 Å². The first-order chi connectivity index (χ1) is 6.27. The van der Waals surface area contributed by atoms with E-state index in [1.54, 1.807) is 0 Å². The van der Waals surface area contributed by atoms with Crippen LogP contribution in [0.2, 0.25) is 0 Å². The van der Waals surface area contributed by atoms with Crippen LogP contribution >= 0.6 is 0 Å². The Morgan fingerprint density at radius 1 is 1.46 bits per heavy atom. The zero-order chi connectivity index (χ0) is 9.68. The molecule has 0 fully saturated rings. The lowest BCUT2D eigenvalue weighted by Crippen LogP contribution is -2.08. The molecule has 1 aromatic carbocycles. The predicted octanol–water partition coefficient (Wildman–Crippen LogP) is 1.66. The highest BCUT2D eigenvalue weighted by atomic mass is 16.6. The maximum Gasteiger partial charge on any atom is 0.0745 e. The van der Waals surface area contributed by atoms with Crippen LogP contribution < -0.4 is 5.90 Å². The summed E-state index contributed by atoms with van der Waals surface area (Å²) >= 11 is 0. The molecule has 1 unspecified atom stereocenters. The van der Waals surface area contributed by atoms with Crippen molar-refractivity contribution in [3.05, 3.63) is 35.4 Å². The summed E-state index contributed by atoms with van der Waals surface area (Å²) in [6.07, 6.45) is 5.24. The standard InChI is InChI=1S/C11H13NO/c1-3-10-4-6-11(7-5-10)9(2)8-13-12/h1,4-7,9H,8,12H2,2H3. The molecule has 13 heavy (non-hydrogen) atoms. The second kappa shape index (κ2) is 4.66. The minimum absolute atomic E-state index is 0.303. The van der Waals surface area contributed by atoms with Crippen LogP contribution in [0.5, 0.6) is 0 Å². The van der Waals surface area contributed by atoms with Crippen molar-refractivity contribution in [2.45, 2.75) is 12.8 Å². The van der Waals surface area contributed by atoms with E-state index in [1.165, 1.54) is 5.56 Å². The van der Waals surface area contributed by atoms with E-state index in [2.05, 4.69) is 17.7 Å². The molecular weight excluding hydrogens is 162 g/mol. The highest BCUT2D eigenvalue weighted by Gasteiger charge is 2.03. The largest absolute Gasteiger partial charge is 0.304 e. The normalized spacial score (nSPS) is 12.1. The lowest BCUT2D eigenvalue weighted by molar-refractivity contribution is 0.126. The molecule has 2 nitrogen and oxygen atoms in total. The number of hydrogen-bond donors (Lipinski definition) is 1. The number of rotatable bonds is 3. The Balaban J connectivity index is 2.75. The van der Waals surface area contributed by atoms with Gasteiger partial charge in [0.05, 0.1) is 6.61 Å². The van der Waals surface area contributed by atoms with Gasteiger partial charge >= 0.3 is 0 Å². The van der Waals surface area contributed by atoms with Crippen molar-refractivity contribution in [1.29, 1.82) is 0 Å². The highest BCUT2D eigenvalue weighted by molar-refractivity contribution is 5.35. The zero-order valence-corrected chi connectivity index (χ0v) is 7.66. The van der Waals surface area contributed by atoms with Gasteiger partial charge in [0.15, 0.2) is 0 Å². The predicted molar refractivity (Wildman–Crippen MR) is 52.9 cm³/mol. The summed E-state index contributed by atoms with van der Waals surface area (Å²) in [7, 11) is 0. The van der Waals surface area contributed by atoms with E-state index in [9.17, 15) is 0 Å². The quantitative estimate of drug-likeness (QED) is 0.560. The van der Waals surface area contributed by atoms with Crippen molar-refractivity contribution in [2.75, 3.05) is 6.61 Å². The molecule has 1 rings (SSSR count). The Morgan fingerprint density at radius 2 is 2.08 bits per heavy atom. The van der Waals surface area contributed by atoms with Gasteiger partial charge in [0, 0.05) is 11.5 Å². The van der Waals surface area contributed by atoms with E-state index in [4.69, 9.17) is 12.3 Å². The summed E-state index contributed by atoms with van der Waals surface area (Å²) in [6, 6.07) is 7.84. The smallest absolute Gasteiger partial charge is 0.0745 e. The lowest BCUT2D eigenvalue weighted by atomic mass is 10.0. The first-order valence-electron chi connectivity index (χ1n) is 4.16. The van der Waals surface area contributed by atoms with Gasteiger partial charge in [0.25, 0.3) is 0 Å². The fourth-order valence-corrected chi connectivity index (χ4v) is 1.15. The third-order valence-corrected chi connectivity index (χ3v) is 1.99. The number of terminal acetylenes is 1. The highest BCUT2D eigenvalue weighted by Crippen LogP contribution is 2.15. The minimum Gasteiger partial charge on any atom is -0.304 e. The Hall–Kier alpha value is -1.30. The molecular formula is C11H13NO. The fraction of sp³-hybridized carbons (Fsp3) is 0.273. The second-order valence-corrected chi connectivity index (χ2v) is 3.00. The molecule has 1 atom stereocenters. The summed E-state index contributed by atoms with van der Waals surface area (Å²) in [6.45, 7) is 2.58. The molecule has 0 aliphatic rings. The van der Waals surface area contributed by atoms with Crippen molar-refractivity contribution < 1.29 is 4.84 Å². The number of hydrogen-bond acceptors (Lipinski definition) is 2. The number of nitrogens with two attached hydrogens (primary N) is 1. The van der Waals surface area contributed by atoms with Crippen LogP contribution in [0.3, 0.4) is 0 Å². The Labute approximate surface area is 78.7 Å². The zero-order valence-electron chi connectivity index (χ0n) is 7.66. The molecule has 0 radical (unpaired) electrons. The van der Waals surface area contributed by atoms with Crippen LogP contribution in [0.15, 0.2) is 24.3 Å². The van der Waals surface area contributed by atoms with Crippen LogP contribution in [0.25, 0.3) is 0 Å². The average molecular weight is 175 g/mol. The van der Waals surface area contributed by atoms with Crippen LogP contribution in [-0.4, -0.2) is 6.61 Å². The molecule has 0 spiro atoms. The van der Waals surface area contributed by atoms with E-state index >= 15 is 0 Å². The minimum atomic E-state index is 0.303. The van der Waals surface area contributed by atoms with Gasteiger partial charge in [0.1, 0.15) is 0 Å². The Bertz CT molecular complexity index is 297. The molecule has 1 aromatic rings. The monoisotopic (exact) mass is 175 g/mol. The van der Waals surface area contributed by atoms with Crippen LogP contribution in [0, 0.1) is 12.3 Å². The molecule has 0 bridgehead atoms. The molecule has 0 saturated carbocycles. The molecule has 0 aromatic heterocycles. The van der Waals surface area contributed by atoms with Gasteiger partial charge in [-0.05, 0) is 17.7 Å². The third-order valence-electron chi connectivity index (χ3n) is 1.99. The summed E-state index contributed by atoms with van der Waals surface area (Å²) in [5, 5.41) is 0. The van der Waals surface area contributed by atoms with E-state index in [1.807, 2.05) is 24.3 Å². The van der Waals surface area contributed by atoms with Gasteiger partial charge in [-0.2, -0.15) is 0 Å². The third kappa shape index (κ3) is 2.59. The van der Waals surface area contributed by atoms with Gasteiger partial charge in [-0.25, -0.2) is 5.90 Å². The summed E-state index contributed by atoms with van der Waals surface area (Å²) in [5.41, 5.74) is 2.08. The van der Waals surface area contributed by atoms with Crippen LogP contribution in [0.4, 0.5) is 0 Å². The van der Waals surface area contributed by atoms with Crippen molar-refractivity contribution in [3.63, 3.8) is 0 Å². The molecule has 0 aliphatic heterocycles. The van der Waals surface area contributed by atoms with E-state index in [0.29, 0.717) is 12.5 Å². The molecule has 0 aliphatic carbocycles. The van der Waals surface area contributed by atoms with Crippen molar-refractivity contribution in [3.8, 4) is 12.3 Å². The first-order valence-corrected chi connectivity index (χ1v) is 4.16. The molecule has 68 valence electrons. The lowest BCUT2D eigenvalue weighted by Gasteiger charge is -2.09. The summed E-state index contributed by atoms with van der Waals surface area (Å²) in [5.74, 6) is 7.86. The molecule has 0 heterocycles. The molecule has 0 saturated heterocycles. The maximum atomic E-state index is 5.24. The van der Waals surface area contributed by atoms with E-state index < -0.39 is 0 Å². The number of benzene rings is 1. The topological polar surface area (TPSA) is 35.2 Å². The molecule has 2 N–H and O–H groups in total. The van der Waals surface area contributed by atoms with Gasteiger partial charge in [0.2, 0.25) is 0 Å². The molecule has 0 amide bonds. The SMILES string of the molecule is C#Cc1ccc(C(C)CON)cc1. The Morgan fingerprint density at radius 3 is 2.54 bits per heavy atom. The fourth-order valence-electron chi connectivity index (χ4n) is 1.15. The van der Waals surface area contributed by atoms with E-state index in [-0.39, 0.29) is 0 Å². The maximum absolute atomic E-state index is 5.24. The summed E-state index contributed by atoms with van der Waals surface area (Å²) in [4.78, 5) is 4.57. The van der Waals surface area contributed by atoms with Crippen molar-refractivity contribution in [2.24, 2.45) is 5.90 Å². The van der Waals surface area contributed by atoms with Crippen molar-refractivity contribution in [1.82, 2.24) is 0 Å². The van der Waals surface area contributed by atoms with Gasteiger partial charge in [-0.15, -0.1) is 6.42 Å². The Kier molecular flexibility index (Phi) is 3.51. The first kappa shape index (κ1) is 9.79. The van der Waals surface area contributed by atoms with Crippen LogP contribution in [0.1, 0.15) is 24.0 Å². The summed E-state index contributed by atoms with van der Waals surface area (Å²) < 4.78 is 0.